The minimum atomic E-state index is 0.664. The van der Waals surface area contributed by atoms with Crippen molar-refractivity contribution in [2.45, 2.75) is 52.0 Å². The van der Waals surface area contributed by atoms with Crippen LogP contribution in [-0.4, -0.2) is 12.6 Å². The summed E-state index contributed by atoms with van der Waals surface area (Å²) in [5, 5.41) is 5.90. The van der Waals surface area contributed by atoms with Crippen LogP contribution < -0.4 is 5.32 Å². The molecule has 0 radical (unpaired) electrons. The van der Waals surface area contributed by atoms with Gasteiger partial charge in [-0.1, -0.05) is 26.7 Å². The number of nitrogens with one attached hydrogen (secondary N) is 1. The number of thiophene rings is 1. The Kier molecular flexibility index (Phi) is 5.71. The molecule has 102 valence electrons. The lowest BCUT2D eigenvalue weighted by Crippen LogP contribution is -2.39. The van der Waals surface area contributed by atoms with Gasteiger partial charge < -0.3 is 5.32 Å². The summed E-state index contributed by atoms with van der Waals surface area (Å²) in [6.07, 6.45) is 6.82. The zero-order chi connectivity index (χ0) is 13.0. The van der Waals surface area contributed by atoms with Crippen LogP contribution in [0.2, 0.25) is 0 Å². The van der Waals surface area contributed by atoms with Crippen molar-refractivity contribution in [3.8, 4) is 0 Å². The van der Waals surface area contributed by atoms with E-state index in [2.05, 4.69) is 46.5 Å². The lowest BCUT2D eigenvalue weighted by atomic mass is 9.78. The molecular formula is C15H24BrNS. The van der Waals surface area contributed by atoms with E-state index in [0.717, 1.165) is 18.4 Å². The molecule has 0 aromatic carbocycles. The second-order valence-electron chi connectivity index (χ2n) is 5.58. The third-order valence-electron chi connectivity index (χ3n) is 4.19. The van der Waals surface area contributed by atoms with Crippen LogP contribution in [0.3, 0.4) is 0 Å². The average Bonchev–Trinajstić information content (AvgIpc) is 2.76. The molecule has 1 aliphatic rings. The third kappa shape index (κ3) is 3.82. The van der Waals surface area contributed by atoms with Gasteiger partial charge in [0.15, 0.2) is 0 Å². The Labute approximate surface area is 123 Å². The van der Waals surface area contributed by atoms with Crippen molar-refractivity contribution in [1.82, 2.24) is 5.32 Å². The predicted molar refractivity (Wildman–Crippen MR) is 84.3 cm³/mol. The molecule has 1 fully saturated rings. The minimum absolute atomic E-state index is 0.664. The van der Waals surface area contributed by atoms with E-state index >= 15 is 0 Å². The highest BCUT2D eigenvalue weighted by Crippen LogP contribution is 2.33. The molecule has 1 aromatic heterocycles. The van der Waals surface area contributed by atoms with Crippen molar-refractivity contribution < 1.29 is 0 Å². The summed E-state index contributed by atoms with van der Waals surface area (Å²) < 4.78 is 1.29. The Hall–Kier alpha value is 0.140. The van der Waals surface area contributed by atoms with Crippen molar-refractivity contribution in [3.63, 3.8) is 0 Å². The van der Waals surface area contributed by atoms with E-state index in [1.165, 1.54) is 41.5 Å². The number of halogens is 1. The van der Waals surface area contributed by atoms with Crippen LogP contribution in [-0.2, 0) is 6.42 Å². The Morgan fingerprint density at radius 2 is 2.11 bits per heavy atom. The summed E-state index contributed by atoms with van der Waals surface area (Å²) in [5.41, 5.74) is 0. The molecule has 1 N–H and O–H groups in total. The molecule has 1 nitrogen and oxygen atoms in total. The highest BCUT2D eigenvalue weighted by atomic mass is 79.9. The molecule has 0 saturated heterocycles. The highest BCUT2D eigenvalue weighted by Gasteiger charge is 2.26. The number of rotatable bonds is 5. The van der Waals surface area contributed by atoms with E-state index in [1.807, 2.05) is 11.3 Å². The third-order valence-corrected chi connectivity index (χ3v) is 6.14. The first-order chi connectivity index (χ1) is 8.70. The van der Waals surface area contributed by atoms with E-state index in [4.69, 9.17) is 0 Å². The van der Waals surface area contributed by atoms with Crippen LogP contribution in [0.15, 0.2) is 15.9 Å². The van der Waals surface area contributed by atoms with Crippen molar-refractivity contribution in [3.05, 3.63) is 20.8 Å². The van der Waals surface area contributed by atoms with Crippen LogP contribution in [0.1, 0.15) is 44.4 Å². The minimum Gasteiger partial charge on any atom is -0.314 e. The van der Waals surface area contributed by atoms with Gasteiger partial charge >= 0.3 is 0 Å². The van der Waals surface area contributed by atoms with Gasteiger partial charge in [0.1, 0.15) is 0 Å². The van der Waals surface area contributed by atoms with E-state index in [0.29, 0.717) is 6.04 Å². The molecule has 1 aliphatic carbocycles. The van der Waals surface area contributed by atoms with Crippen LogP contribution in [0.25, 0.3) is 0 Å². The van der Waals surface area contributed by atoms with Gasteiger partial charge in [-0.2, -0.15) is 0 Å². The Morgan fingerprint density at radius 1 is 1.39 bits per heavy atom. The first-order valence-electron chi connectivity index (χ1n) is 7.16. The Morgan fingerprint density at radius 3 is 2.67 bits per heavy atom. The van der Waals surface area contributed by atoms with Crippen molar-refractivity contribution in [2.24, 2.45) is 11.8 Å². The second-order valence-corrected chi connectivity index (χ2v) is 7.43. The second kappa shape index (κ2) is 7.06. The molecule has 1 atom stereocenters. The normalized spacial score (nSPS) is 26.2. The van der Waals surface area contributed by atoms with E-state index in [-0.39, 0.29) is 0 Å². The highest BCUT2D eigenvalue weighted by molar-refractivity contribution is 9.10. The molecule has 1 saturated carbocycles. The summed E-state index contributed by atoms with van der Waals surface area (Å²) >= 11 is 5.54. The molecule has 0 bridgehead atoms. The molecule has 0 spiro atoms. The number of likely N-dealkylation sites (N-methyl/N-ethyl adjacent to an activating group) is 1. The fraction of sp³-hybridized carbons (Fsp3) is 0.733. The van der Waals surface area contributed by atoms with Gasteiger partial charge in [-0.15, -0.1) is 11.3 Å². The maximum absolute atomic E-state index is 3.72. The lowest BCUT2D eigenvalue weighted by molar-refractivity contribution is 0.231. The molecule has 3 heteroatoms. The smallest absolute Gasteiger partial charge is 0.0314 e. The number of hydrogen-bond donors (Lipinski definition) is 1. The topological polar surface area (TPSA) is 12.0 Å². The zero-order valence-corrected chi connectivity index (χ0v) is 13.8. The van der Waals surface area contributed by atoms with Crippen LogP contribution in [0.4, 0.5) is 0 Å². The van der Waals surface area contributed by atoms with Gasteiger partial charge in [0.25, 0.3) is 0 Å². The molecule has 18 heavy (non-hydrogen) atoms. The monoisotopic (exact) mass is 329 g/mol. The van der Waals surface area contributed by atoms with Crippen LogP contribution in [0.5, 0.6) is 0 Å². The van der Waals surface area contributed by atoms with Crippen molar-refractivity contribution in [1.29, 1.82) is 0 Å². The number of hydrogen-bond acceptors (Lipinski definition) is 2. The molecule has 1 aromatic rings. The van der Waals surface area contributed by atoms with Crippen molar-refractivity contribution >= 4 is 27.3 Å². The zero-order valence-electron chi connectivity index (χ0n) is 11.4. The summed E-state index contributed by atoms with van der Waals surface area (Å²) in [7, 11) is 0. The summed E-state index contributed by atoms with van der Waals surface area (Å²) in [4.78, 5) is 1.50. The fourth-order valence-electron chi connectivity index (χ4n) is 3.03. The van der Waals surface area contributed by atoms with E-state index in [9.17, 15) is 0 Å². The lowest BCUT2D eigenvalue weighted by Gasteiger charge is -2.33. The summed E-state index contributed by atoms with van der Waals surface area (Å²) in [6, 6.07) is 2.84. The van der Waals surface area contributed by atoms with E-state index < -0.39 is 0 Å². The van der Waals surface area contributed by atoms with Gasteiger partial charge in [0, 0.05) is 15.4 Å². The van der Waals surface area contributed by atoms with E-state index in [1.54, 1.807) is 0 Å². The van der Waals surface area contributed by atoms with Crippen LogP contribution in [0, 0.1) is 11.8 Å². The molecule has 0 amide bonds. The quantitative estimate of drug-likeness (QED) is 0.813. The first kappa shape index (κ1) is 14.5. The largest absolute Gasteiger partial charge is 0.314 e. The summed E-state index contributed by atoms with van der Waals surface area (Å²) in [5.74, 6) is 1.81. The van der Waals surface area contributed by atoms with Gasteiger partial charge in [-0.05, 0) is 65.0 Å². The molecule has 2 rings (SSSR count). The average molecular weight is 330 g/mol. The van der Waals surface area contributed by atoms with Crippen LogP contribution >= 0.6 is 27.3 Å². The predicted octanol–water partition coefficient (Wildman–Crippen LogP) is 4.86. The van der Waals surface area contributed by atoms with Gasteiger partial charge in [0.2, 0.25) is 0 Å². The molecule has 0 aliphatic heterocycles. The molecular weight excluding hydrogens is 306 g/mol. The standard InChI is InChI=1S/C15H24BrNS/c1-3-17-14(10-15-13(16)8-9-18-15)12-6-4-11(2)5-7-12/h8-9,11-12,14,17H,3-7,10H2,1-2H3. The maximum Gasteiger partial charge on any atom is 0.0314 e. The molecule has 1 heterocycles. The van der Waals surface area contributed by atoms with Gasteiger partial charge in [-0.3, -0.25) is 0 Å². The summed E-state index contributed by atoms with van der Waals surface area (Å²) in [6.45, 7) is 5.70. The Bertz CT molecular complexity index is 355. The maximum atomic E-state index is 3.72. The SMILES string of the molecule is CCNC(Cc1sccc1Br)C1CCC(C)CC1. The van der Waals surface area contributed by atoms with Crippen molar-refractivity contribution in [2.75, 3.05) is 6.54 Å². The molecule has 1 unspecified atom stereocenters. The van der Waals surface area contributed by atoms with Gasteiger partial charge in [-0.25, -0.2) is 0 Å². The Balaban J connectivity index is 1.97. The van der Waals surface area contributed by atoms with Gasteiger partial charge in [0.05, 0.1) is 0 Å². The fourth-order valence-corrected chi connectivity index (χ4v) is 4.60. The first-order valence-corrected chi connectivity index (χ1v) is 8.83.